The largest absolute Gasteiger partial charge is 0.573 e. The molecular formula is C24H22F3N3O7. The summed E-state index contributed by atoms with van der Waals surface area (Å²) in [5.41, 5.74) is -0.307. The molecule has 0 aliphatic heterocycles. The van der Waals surface area contributed by atoms with Gasteiger partial charge >= 0.3 is 18.4 Å². The van der Waals surface area contributed by atoms with Gasteiger partial charge in [-0.15, -0.1) is 13.2 Å². The van der Waals surface area contributed by atoms with Gasteiger partial charge in [-0.3, -0.25) is 14.5 Å². The van der Waals surface area contributed by atoms with E-state index in [1.807, 2.05) is 0 Å². The summed E-state index contributed by atoms with van der Waals surface area (Å²) in [6.07, 6.45) is -3.96. The van der Waals surface area contributed by atoms with Crippen LogP contribution in [-0.2, 0) is 11.8 Å². The number of urea groups is 1. The Bertz CT molecular complexity index is 1360. The average Bonchev–Trinajstić information content (AvgIpc) is 2.83. The third-order valence-electron chi connectivity index (χ3n) is 5.10. The fourth-order valence-corrected chi connectivity index (χ4v) is 3.42. The molecule has 0 aliphatic rings. The zero-order chi connectivity index (χ0) is 27.3. The van der Waals surface area contributed by atoms with Crippen LogP contribution in [0, 0.1) is 0 Å². The molecule has 1 heterocycles. The lowest BCUT2D eigenvalue weighted by atomic mass is 10.0. The molecule has 3 aromatic rings. The lowest BCUT2D eigenvalue weighted by Gasteiger charge is -2.25. The summed E-state index contributed by atoms with van der Waals surface area (Å²) in [4.78, 5) is 37.8. The summed E-state index contributed by atoms with van der Waals surface area (Å²) >= 11 is 0. The molecule has 0 aliphatic carbocycles. The van der Waals surface area contributed by atoms with Crippen LogP contribution in [0.1, 0.15) is 6.42 Å². The number of halogens is 3. The van der Waals surface area contributed by atoms with E-state index in [2.05, 4.69) is 10.1 Å². The predicted octanol–water partition coefficient (Wildman–Crippen LogP) is 3.99. The van der Waals surface area contributed by atoms with Crippen molar-refractivity contribution < 1.29 is 42.4 Å². The number of aromatic hydroxyl groups is 1. The lowest BCUT2D eigenvalue weighted by molar-refractivity contribution is -0.274. The molecule has 10 nitrogen and oxygen atoms in total. The molecule has 0 unspecified atom stereocenters. The van der Waals surface area contributed by atoms with Crippen LogP contribution in [0.3, 0.4) is 0 Å². The summed E-state index contributed by atoms with van der Waals surface area (Å²) in [5, 5.41) is 21.7. The van der Waals surface area contributed by atoms with E-state index in [9.17, 15) is 32.7 Å². The molecule has 0 bridgehead atoms. The molecule has 37 heavy (non-hydrogen) atoms. The first-order chi connectivity index (χ1) is 17.4. The van der Waals surface area contributed by atoms with Crippen LogP contribution < -0.4 is 25.2 Å². The zero-order valence-electron chi connectivity index (χ0n) is 19.6. The standard InChI is InChI=1S/C24H22F3N3O7/c1-29-12-10-18(31)21(22(29)34)30(23(35)28-11-9-20(32)33)15-5-8-19(36-2)17(13-15)14-3-6-16(7-4-14)37-24(25,26)27/h3-8,10,12-13,31H,9,11H2,1-2H3,(H,28,35)(H,32,33). The highest BCUT2D eigenvalue weighted by Gasteiger charge is 2.31. The average molecular weight is 521 g/mol. The van der Waals surface area contributed by atoms with Gasteiger partial charge in [-0.1, -0.05) is 12.1 Å². The SMILES string of the molecule is COc1ccc(N(C(=O)NCCC(=O)O)c2c(O)ccn(C)c2=O)cc1-c1ccc(OC(F)(F)F)cc1. The molecular weight excluding hydrogens is 499 g/mol. The van der Waals surface area contributed by atoms with Crippen molar-refractivity contribution >= 4 is 23.4 Å². The number of aromatic nitrogens is 1. The number of ether oxygens (including phenoxy) is 2. The Morgan fingerprint density at radius 1 is 1.11 bits per heavy atom. The normalized spacial score (nSPS) is 11.1. The van der Waals surface area contributed by atoms with Crippen molar-refractivity contribution in [1.82, 2.24) is 9.88 Å². The van der Waals surface area contributed by atoms with E-state index in [-0.39, 0.29) is 12.2 Å². The van der Waals surface area contributed by atoms with Gasteiger partial charge in [-0.05, 0) is 42.0 Å². The predicted molar refractivity (Wildman–Crippen MR) is 126 cm³/mol. The number of anilines is 2. The third kappa shape index (κ3) is 6.51. The maximum atomic E-state index is 13.1. The summed E-state index contributed by atoms with van der Waals surface area (Å²) in [7, 11) is 2.78. The van der Waals surface area contributed by atoms with Gasteiger partial charge in [0.25, 0.3) is 5.56 Å². The number of benzene rings is 2. The number of carboxylic acid groups (broad SMARTS) is 1. The minimum atomic E-state index is -4.86. The highest BCUT2D eigenvalue weighted by Crippen LogP contribution is 2.38. The van der Waals surface area contributed by atoms with Gasteiger partial charge in [0.05, 0.1) is 19.2 Å². The number of pyridine rings is 1. The van der Waals surface area contributed by atoms with E-state index in [0.717, 1.165) is 21.6 Å². The van der Waals surface area contributed by atoms with E-state index in [1.54, 1.807) is 0 Å². The Labute approximate surface area is 208 Å². The number of carbonyl (C=O) groups excluding carboxylic acids is 1. The molecule has 0 spiro atoms. The molecule has 0 radical (unpaired) electrons. The molecule has 3 N–H and O–H groups in total. The van der Waals surface area contributed by atoms with Crippen molar-refractivity contribution in [2.75, 3.05) is 18.6 Å². The number of hydrogen-bond donors (Lipinski definition) is 3. The number of amides is 2. The molecule has 0 fully saturated rings. The Morgan fingerprint density at radius 2 is 1.78 bits per heavy atom. The van der Waals surface area contributed by atoms with Crippen LogP contribution in [0.25, 0.3) is 11.1 Å². The first-order valence-electron chi connectivity index (χ1n) is 10.6. The topological polar surface area (TPSA) is 130 Å². The quantitative estimate of drug-likeness (QED) is 0.409. The number of aryl methyl sites for hydroxylation is 1. The number of carbonyl (C=O) groups is 2. The maximum absolute atomic E-state index is 13.1. The van der Waals surface area contributed by atoms with Crippen LogP contribution in [-0.4, -0.2) is 46.8 Å². The van der Waals surface area contributed by atoms with Crippen molar-refractivity contribution in [2.45, 2.75) is 12.8 Å². The third-order valence-corrected chi connectivity index (χ3v) is 5.10. The van der Waals surface area contributed by atoms with Crippen LogP contribution >= 0.6 is 0 Å². The number of carboxylic acids is 1. The molecule has 3 rings (SSSR count). The van der Waals surface area contributed by atoms with Crippen molar-refractivity contribution in [3.05, 3.63) is 65.1 Å². The van der Waals surface area contributed by atoms with Gasteiger partial charge in [-0.25, -0.2) is 4.79 Å². The molecule has 1 aromatic heterocycles. The highest BCUT2D eigenvalue weighted by molar-refractivity contribution is 6.01. The van der Waals surface area contributed by atoms with Crippen LogP contribution in [0.4, 0.5) is 29.3 Å². The second-order valence-corrected chi connectivity index (χ2v) is 7.63. The minimum Gasteiger partial charge on any atom is -0.505 e. The molecule has 0 atom stereocenters. The van der Waals surface area contributed by atoms with E-state index >= 15 is 0 Å². The second kappa shape index (κ2) is 10.9. The van der Waals surface area contributed by atoms with E-state index in [1.165, 1.54) is 56.8 Å². The first-order valence-corrected chi connectivity index (χ1v) is 10.6. The zero-order valence-corrected chi connectivity index (χ0v) is 19.6. The Morgan fingerprint density at radius 3 is 2.38 bits per heavy atom. The summed E-state index contributed by atoms with van der Waals surface area (Å²) in [5.74, 6) is -1.81. The second-order valence-electron chi connectivity index (χ2n) is 7.63. The van der Waals surface area contributed by atoms with Crippen molar-refractivity contribution in [3.63, 3.8) is 0 Å². The Kier molecular flexibility index (Phi) is 7.95. The Hall–Kier alpha value is -4.68. The molecule has 2 aromatic carbocycles. The summed E-state index contributed by atoms with van der Waals surface area (Å²) < 4.78 is 48.0. The van der Waals surface area contributed by atoms with Crippen molar-refractivity contribution in [1.29, 1.82) is 0 Å². The number of hydrogen-bond acceptors (Lipinski definition) is 6. The van der Waals surface area contributed by atoms with E-state index in [4.69, 9.17) is 9.84 Å². The number of nitrogens with one attached hydrogen (secondary N) is 1. The van der Waals surface area contributed by atoms with Crippen LogP contribution in [0.5, 0.6) is 17.2 Å². The van der Waals surface area contributed by atoms with Gasteiger partial charge in [0.15, 0.2) is 5.69 Å². The monoisotopic (exact) mass is 521 g/mol. The van der Waals surface area contributed by atoms with Crippen LogP contribution in [0.15, 0.2) is 59.5 Å². The Balaban J connectivity index is 2.11. The number of alkyl halides is 3. The lowest BCUT2D eigenvalue weighted by Crippen LogP contribution is -2.41. The van der Waals surface area contributed by atoms with Crippen LogP contribution in [0.2, 0.25) is 0 Å². The number of methoxy groups -OCH3 is 1. The molecule has 196 valence electrons. The van der Waals surface area contributed by atoms with Gasteiger partial charge < -0.3 is 29.6 Å². The fraction of sp³-hybridized carbons (Fsp3) is 0.208. The maximum Gasteiger partial charge on any atom is 0.573 e. The van der Waals surface area contributed by atoms with Gasteiger partial charge in [0.2, 0.25) is 0 Å². The van der Waals surface area contributed by atoms with E-state index < -0.39 is 47.5 Å². The molecule has 13 heteroatoms. The fourth-order valence-electron chi connectivity index (χ4n) is 3.42. The van der Waals surface area contributed by atoms with Crippen molar-refractivity contribution in [3.8, 4) is 28.4 Å². The number of rotatable bonds is 8. The van der Waals surface area contributed by atoms with E-state index in [0.29, 0.717) is 16.9 Å². The smallest absolute Gasteiger partial charge is 0.505 e. The number of nitrogens with zero attached hydrogens (tertiary/aromatic N) is 2. The number of aliphatic carboxylic acids is 1. The first kappa shape index (κ1) is 26.9. The summed E-state index contributed by atoms with van der Waals surface area (Å²) in [6, 6.07) is 9.52. The van der Waals surface area contributed by atoms with Gasteiger partial charge in [0, 0.05) is 25.4 Å². The molecule has 0 saturated heterocycles. The van der Waals surface area contributed by atoms with Crippen molar-refractivity contribution in [2.24, 2.45) is 7.05 Å². The summed E-state index contributed by atoms with van der Waals surface area (Å²) in [6.45, 7) is -0.262. The highest BCUT2D eigenvalue weighted by atomic mass is 19.4. The minimum absolute atomic E-state index is 0.0813. The molecule has 0 saturated carbocycles. The van der Waals surface area contributed by atoms with Gasteiger partial charge in [0.1, 0.15) is 17.2 Å². The molecule has 2 amide bonds. The van der Waals surface area contributed by atoms with Gasteiger partial charge in [-0.2, -0.15) is 0 Å².